The lowest BCUT2D eigenvalue weighted by Crippen LogP contribution is -2.31. The summed E-state index contributed by atoms with van der Waals surface area (Å²) in [5.74, 6) is 3.34. The molecule has 0 N–H and O–H groups in total. The van der Waals surface area contributed by atoms with Crippen LogP contribution in [0.25, 0.3) is 0 Å². The SMILES string of the molecule is CC[Si](C#C[C@H]1CC=C[C@@H](OC)O1)(CC)CC. The lowest BCUT2D eigenvalue weighted by Gasteiger charge is -2.23. The Morgan fingerprint density at radius 3 is 2.47 bits per heavy atom. The largest absolute Gasteiger partial charge is 0.352 e. The van der Waals surface area contributed by atoms with Crippen molar-refractivity contribution in [2.75, 3.05) is 7.11 Å². The van der Waals surface area contributed by atoms with E-state index in [-0.39, 0.29) is 12.4 Å². The van der Waals surface area contributed by atoms with Crippen molar-refractivity contribution < 1.29 is 9.47 Å². The van der Waals surface area contributed by atoms with E-state index in [4.69, 9.17) is 9.47 Å². The quantitative estimate of drug-likeness (QED) is 0.434. The Balaban J connectivity index is 2.68. The van der Waals surface area contributed by atoms with Crippen molar-refractivity contribution in [3.63, 3.8) is 0 Å². The maximum atomic E-state index is 5.70. The van der Waals surface area contributed by atoms with Gasteiger partial charge in [-0.15, -0.1) is 5.54 Å². The van der Waals surface area contributed by atoms with Gasteiger partial charge in [-0.2, -0.15) is 0 Å². The molecule has 0 saturated carbocycles. The van der Waals surface area contributed by atoms with E-state index in [0.717, 1.165) is 6.42 Å². The Bertz CT molecular complexity index is 302. The molecule has 0 aromatic heterocycles. The van der Waals surface area contributed by atoms with E-state index in [0.29, 0.717) is 0 Å². The standard InChI is InChI=1S/C14H24O2Si/c1-5-17(6-2,7-3)12-11-13-9-8-10-14(15-4)16-13/h8,10,13-14H,5-7,9H2,1-4H3/t13-,14+/m1/s1. The first-order valence-electron chi connectivity index (χ1n) is 6.57. The zero-order chi connectivity index (χ0) is 12.7. The summed E-state index contributed by atoms with van der Waals surface area (Å²) in [7, 11) is 0.321. The number of methoxy groups -OCH3 is 1. The minimum Gasteiger partial charge on any atom is -0.352 e. The van der Waals surface area contributed by atoms with Crippen LogP contribution in [0.4, 0.5) is 0 Å². The minimum atomic E-state index is -1.34. The molecular weight excluding hydrogens is 228 g/mol. The second-order valence-corrected chi connectivity index (χ2v) is 9.43. The first-order chi connectivity index (χ1) is 8.19. The molecule has 1 aliphatic rings. The predicted molar refractivity (Wildman–Crippen MR) is 74.4 cm³/mol. The van der Waals surface area contributed by atoms with Crippen molar-refractivity contribution in [2.24, 2.45) is 0 Å². The summed E-state index contributed by atoms with van der Waals surface area (Å²) >= 11 is 0. The van der Waals surface area contributed by atoms with Crippen molar-refractivity contribution in [3.05, 3.63) is 12.2 Å². The molecule has 96 valence electrons. The third-order valence-corrected chi connectivity index (χ3v) is 8.44. The van der Waals surface area contributed by atoms with Gasteiger partial charge < -0.3 is 9.47 Å². The van der Waals surface area contributed by atoms with Crippen LogP contribution in [-0.4, -0.2) is 27.6 Å². The Morgan fingerprint density at radius 2 is 1.94 bits per heavy atom. The second-order valence-electron chi connectivity index (χ2n) is 4.50. The molecule has 1 aliphatic heterocycles. The van der Waals surface area contributed by atoms with Crippen LogP contribution in [0.1, 0.15) is 27.2 Å². The molecule has 1 heterocycles. The molecule has 0 fully saturated rings. The summed E-state index contributed by atoms with van der Waals surface area (Å²) in [5.41, 5.74) is 3.57. The van der Waals surface area contributed by atoms with Gasteiger partial charge in [-0.05, 0) is 24.2 Å². The van der Waals surface area contributed by atoms with Crippen molar-refractivity contribution in [2.45, 2.75) is 57.7 Å². The zero-order valence-corrected chi connectivity index (χ0v) is 12.5. The predicted octanol–water partition coefficient (Wildman–Crippen LogP) is 3.36. The molecule has 2 nitrogen and oxygen atoms in total. The summed E-state index contributed by atoms with van der Waals surface area (Å²) in [5, 5.41) is 0. The Hall–Kier alpha value is -0.563. The van der Waals surface area contributed by atoms with Crippen LogP contribution in [0.15, 0.2) is 12.2 Å². The molecule has 0 aromatic carbocycles. The summed E-state index contributed by atoms with van der Waals surface area (Å²) in [6.45, 7) is 6.81. The number of hydrogen-bond donors (Lipinski definition) is 0. The van der Waals surface area contributed by atoms with Crippen molar-refractivity contribution in [1.82, 2.24) is 0 Å². The summed E-state index contributed by atoms with van der Waals surface area (Å²) in [6, 6.07) is 3.72. The molecular formula is C14H24O2Si. The zero-order valence-electron chi connectivity index (χ0n) is 11.5. The summed E-state index contributed by atoms with van der Waals surface area (Å²) < 4.78 is 10.9. The highest BCUT2D eigenvalue weighted by atomic mass is 28.3. The monoisotopic (exact) mass is 252 g/mol. The van der Waals surface area contributed by atoms with Gasteiger partial charge in [0.1, 0.15) is 14.2 Å². The number of rotatable bonds is 4. The third-order valence-electron chi connectivity index (χ3n) is 3.70. The highest BCUT2D eigenvalue weighted by Crippen LogP contribution is 2.19. The van der Waals surface area contributed by atoms with Gasteiger partial charge in [-0.3, -0.25) is 0 Å². The van der Waals surface area contributed by atoms with E-state index in [1.807, 2.05) is 6.08 Å². The van der Waals surface area contributed by atoms with Crippen LogP contribution in [0, 0.1) is 11.5 Å². The van der Waals surface area contributed by atoms with Gasteiger partial charge >= 0.3 is 0 Å². The van der Waals surface area contributed by atoms with Crippen molar-refractivity contribution in [3.8, 4) is 11.5 Å². The molecule has 0 radical (unpaired) electrons. The fourth-order valence-electron chi connectivity index (χ4n) is 2.05. The normalized spacial score (nSPS) is 24.2. The van der Waals surface area contributed by atoms with Gasteiger partial charge in [-0.25, -0.2) is 0 Å². The topological polar surface area (TPSA) is 18.5 Å². The van der Waals surface area contributed by atoms with Crippen LogP contribution in [0.2, 0.25) is 18.1 Å². The van der Waals surface area contributed by atoms with Crippen LogP contribution in [0.5, 0.6) is 0 Å². The third kappa shape index (κ3) is 3.99. The average Bonchev–Trinajstić information content (AvgIpc) is 2.41. The molecule has 0 saturated heterocycles. The van der Waals surface area contributed by atoms with E-state index >= 15 is 0 Å². The molecule has 0 bridgehead atoms. The number of hydrogen-bond acceptors (Lipinski definition) is 2. The van der Waals surface area contributed by atoms with Crippen molar-refractivity contribution in [1.29, 1.82) is 0 Å². The molecule has 0 aliphatic carbocycles. The molecule has 0 aromatic rings. The first-order valence-corrected chi connectivity index (χ1v) is 9.19. The lowest BCUT2D eigenvalue weighted by atomic mass is 10.2. The van der Waals surface area contributed by atoms with Gasteiger partial charge in [0.25, 0.3) is 0 Å². The molecule has 0 spiro atoms. The molecule has 0 amide bonds. The van der Waals surface area contributed by atoms with Crippen LogP contribution < -0.4 is 0 Å². The molecule has 3 heteroatoms. The first kappa shape index (κ1) is 14.5. The molecule has 0 unspecified atom stereocenters. The van der Waals surface area contributed by atoms with Crippen molar-refractivity contribution >= 4 is 8.07 Å². The Labute approximate surface area is 106 Å². The lowest BCUT2D eigenvalue weighted by molar-refractivity contribution is -0.115. The minimum absolute atomic E-state index is 0.0153. The van der Waals surface area contributed by atoms with Gasteiger partial charge in [0.2, 0.25) is 0 Å². The fourth-order valence-corrected chi connectivity index (χ4v) is 4.55. The Morgan fingerprint density at radius 1 is 1.29 bits per heavy atom. The maximum Gasteiger partial charge on any atom is 0.178 e. The van der Waals surface area contributed by atoms with Crippen LogP contribution in [0.3, 0.4) is 0 Å². The van der Waals surface area contributed by atoms with Crippen LogP contribution in [-0.2, 0) is 9.47 Å². The summed E-state index contributed by atoms with van der Waals surface area (Å²) in [4.78, 5) is 0. The van der Waals surface area contributed by atoms with E-state index < -0.39 is 8.07 Å². The molecule has 17 heavy (non-hydrogen) atoms. The highest BCUT2D eigenvalue weighted by Gasteiger charge is 2.25. The molecule has 1 rings (SSSR count). The highest BCUT2D eigenvalue weighted by molar-refractivity contribution is 6.87. The van der Waals surface area contributed by atoms with E-state index in [1.54, 1.807) is 7.11 Å². The smallest absolute Gasteiger partial charge is 0.178 e. The average molecular weight is 252 g/mol. The van der Waals surface area contributed by atoms with Gasteiger partial charge in [-0.1, -0.05) is 32.8 Å². The number of ether oxygens (including phenoxy) is 2. The van der Waals surface area contributed by atoms with Gasteiger partial charge in [0.15, 0.2) is 6.29 Å². The maximum absolute atomic E-state index is 5.70. The van der Waals surface area contributed by atoms with E-state index in [1.165, 1.54) is 18.1 Å². The Kier molecular flexibility index (Phi) is 5.97. The fraction of sp³-hybridized carbons (Fsp3) is 0.714. The second kappa shape index (κ2) is 7.00. The summed E-state index contributed by atoms with van der Waals surface area (Å²) in [6.07, 6.45) is 4.73. The van der Waals surface area contributed by atoms with E-state index in [9.17, 15) is 0 Å². The van der Waals surface area contributed by atoms with Gasteiger partial charge in [0, 0.05) is 13.5 Å². The van der Waals surface area contributed by atoms with Crippen LogP contribution >= 0.6 is 0 Å². The van der Waals surface area contributed by atoms with E-state index in [2.05, 4.69) is 38.3 Å². The molecule has 2 atom stereocenters. The van der Waals surface area contributed by atoms with Gasteiger partial charge in [0.05, 0.1) is 0 Å².